The van der Waals surface area contributed by atoms with Crippen molar-refractivity contribution in [2.45, 2.75) is 0 Å². The van der Waals surface area contributed by atoms with Crippen LogP contribution in [0.4, 0.5) is 14.5 Å². The maximum Gasteiger partial charge on any atom is 0.255 e. The number of halogens is 2. The summed E-state index contributed by atoms with van der Waals surface area (Å²) < 4.78 is 31.7. The van der Waals surface area contributed by atoms with Crippen molar-refractivity contribution in [2.75, 3.05) is 12.4 Å². The molecule has 6 heteroatoms. The van der Waals surface area contributed by atoms with Crippen LogP contribution >= 0.6 is 0 Å². The minimum Gasteiger partial charge on any atom is -0.494 e. The molecule has 0 aliphatic heterocycles. The quantitative estimate of drug-likeness (QED) is 0.944. The van der Waals surface area contributed by atoms with Crippen molar-refractivity contribution in [1.82, 2.24) is 0 Å². The summed E-state index contributed by atoms with van der Waals surface area (Å²) in [5.74, 6) is -2.07. The number of anilines is 1. The monoisotopic (exact) mass is 288 g/mol. The highest BCUT2D eigenvalue weighted by Gasteiger charge is 2.14. The Morgan fingerprint density at radius 1 is 1.24 bits per heavy atom. The van der Waals surface area contributed by atoms with Crippen LogP contribution in [-0.2, 0) is 0 Å². The Bertz CT molecular complexity index is 739. The molecule has 0 aliphatic carbocycles. The normalized spacial score (nSPS) is 9.81. The van der Waals surface area contributed by atoms with Crippen LogP contribution in [0.15, 0.2) is 36.4 Å². The number of nitrogens with zero attached hydrogens (tertiary/aromatic N) is 1. The van der Waals surface area contributed by atoms with Gasteiger partial charge in [0.2, 0.25) is 0 Å². The standard InChI is InChI=1S/C15H10F2N2O2/c1-21-14-6-5-9(7-12(14)17)15(20)19-13-4-2-3-11(16)10(13)8-18/h2-7H,1H3,(H,19,20). The third-order valence-electron chi connectivity index (χ3n) is 2.79. The summed E-state index contributed by atoms with van der Waals surface area (Å²) >= 11 is 0. The molecule has 2 aromatic carbocycles. The largest absolute Gasteiger partial charge is 0.494 e. The molecule has 2 rings (SSSR count). The van der Waals surface area contributed by atoms with Crippen molar-refractivity contribution in [2.24, 2.45) is 0 Å². The summed E-state index contributed by atoms with van der Waals surface area (Å²) in [6, 6.07) is 9.20. The van der Waals surface area contributed by atoms with Crippen molar-refractivity contribution in [3.8, 4) is 11.8 Å². The van der Waals surface area contributed by atoms with Crippen LogP contribution in [0.1, 0.15) is 15.9 Å². The summed E-state index contributed by atoms with van der Waals surface area (Å²) in [4.78, 5) is 12.0. The fraction of sp³-hybridized carbons (Fsp3) is 0.0667. The molecule has 0 heterocycles. The summed E-state index contributed by atoms with van der Waals surface area (Å²) in [5.41, 5.74) is -0.222. The molecule has 0 unspecified atom stereocenters. The van der Waals surface area contributed by atoms with Crippen LogP contribution in [0.5, 0.6) is 5.75 Å². The minimum absolute atomic E-state index is 0.00928. The molecule has 1 amide bonds. The van der Waals surface area contributed by atoms with Crippen LogP contribution < -0.4 is 10.1 Å². The lowest BCUT2D eigenvalue weighted by atomic mass is 10.1. The second kappa shape index (κ2) is 6.01. The SMILES string of the molecule is COc1ccc(C(=O)Nc2cccc(F)c2C#N)cc1F. The molecule has 0 bridgehead atoms. The Balaban J connectivity index is 2.29. The van der Waals surface area contributed by atoms with Crippen LogP contribution in [-0.4, -0.2) is 13.0 Å². The van der Waals surface area contributed by atoms with Crippen LogP contribution in [0.3, 0.4) is 0 Å². The number of carbonyl (C=O) groups excluding carboxylic acids is 1. The second-order valence-electron chi connectivity index (χ2n) is 4.08. The van der Waals surface area contributed by atoms with Gasteiger partial charge < -0.3 is 10.1 Å². The first-order chi connectivity index (χ1) is 10.1. The third-order valence-corrected chi connectivity index (χ3v) is 2.79. The highest BCUT2D eigenvalue weighted by atomic mass is 19.1. The molecule has 0 atom stereocenters. The highest BCUT2D eigenvalue weighted by molar-refractivity contribution is 6.05. The Hall–Kier alpha value is -2.94. The van der Waals surface area contributed by atoms with E-state index < -0.39 is 17.5 Å². The van der Waals surface area contributed by atoms with Gasteiger partial charge in [-0.1, -0.05) is 6.07 Å². The van der Waals surface area contributed by atoms with E-state index in [0.29, 0.717) is 0 Å². The van der Waals surface area contributed by atoms with E-state index in [-0.39, 0.29) is 22.6 Å². The summed E-state index contributed by atoms with van der Waals surface area (Å²) in [7, 11) is 1.31. The zero-order valence-electron chi connectivity index (χ0n) is 11.0. The lowest BCUT2D eigenvalue weighted by molar-refractivity contribution is 0.102. The molecule has 106 valence electrons. The number of methoxy groups -OCH3 is 1. The zero-order chi connectivity index (χ0) is 15.4. The minimum atomic E-state index is -0.740. The molecule has 0 saturated carbocycles. The number of carbonyl (C=O) groups is 1. The van der Waals surface area contributed by atoms with Gasteiger partial charge in [-0.05, 0) is 30.3 Å². The number of hydrogen-bond donors (Lipinski definition) is 1. The number of nitriles is 1. The van der Waals surface area contributed by atoms with Crippen LogP contribution in [0.25, 0.3) is 0 Å². The number of amides is 1. The third kappa shape index (κ3) is 2.98. The van der Waals surface area contributed by atoms with Crippen molar-refractivity contribution in [3.05, 3.63) is 59.2 Å². The van der Waals surface area contributed by atoms with Crippen LogP contribution in [0.2, 0.25) is 0 Å². The van der Waals surface area contributed by atoms with E-state index in [1.807, 2.05) is 0 Å². The molecule has 4 nitrogen and oxygen atoms in total. The van der Waals surface area contributed by atoms with E-state index in [1.165, 1.54) is 31.4 Å². The molecule has 0 saturated heterocycles. The molecular formula is C15H10F2N2O2. The first kappa shape index (κ1) is 14.5. The number of hydrogen-bond acceptors (Lipinski definition) is 3. The van der Waals surface area contributed by atoms with Gasteiger partial charge in [0.05, 0.1) is 12.8 Å². The lowest BCUT2D eigenvalue weighted by Crippen LogP contribution is -2.13. The van der Waals surface area contributed by atoms with E-state index in [1.54, 1.807) is 6.07 Å². The van der Waals surface area contributed by atoms with Gasteiger partial charge in [-0.25, -0.2) is 8.78 Å². The Morgan fingerprint density at radius 2 is 2.00 bits per heavy atom. The number of nitrogens with one attached hydrogen (secondary N) is 1. The zero-order valence-corrected chi connectivity index (χ0v) is 11.0. The predicted molar refractivity (Wildman–Crippen MR) is 72.0 cm³/mol. The van der Waals surface area contributed by atoms with Crippen molar-refractivity contribution in [1.29, 1.82) is 5.26 Å². The molecule has 2 aromatic rings. The molecule has 0 radical (unpaired) electrons. The van der Waals surface area contributed by atoms with Crippen molar-refractivity contribution < 1.29 is 18.3 Å². The van der Waals surface area contributed by atoms with Gasteiger partial charge in [0.1, 0.15) is 17.4 Å². The van der Waals surface area contributed by atoms with Gasteiger partial charge in [0.25, 0.3) is 5.91 Å². The van der Waals surface area contributed by atoms with Crippen molar-refractivity contribution >= 4 is 11.6 Å². The van der Waals surface area contributed by atoms with E-state index >= 15 is 0 Å². The first-order valence-corrected chi connectivity index (χ1v) is 5.90. The molecule has 21 heavy (non-hydrogen) atoms. The average molecular weight is 288 g/mol. The predicted octanol–water partition coefficient (Wildman–Crippen LogP) is 3.10. The van der Waals surface area contributed by atoms with Gasteiger partial charge in [0.15, 0.2) is 11.6 Å². The highest BCUT2D eigenvalue weighted by Crippen LogP contribution is 2.21. The molecule has 1 N–H and O–H groups in total. The first-order valence-electron chi connectivity index (χ1n) is 5.90. The smallest absolute Gasteiger partial charge is 0.255 e. The maximum absolute atomic E-state index is 13.5. The molecule has 0 fully saturated rings. The fourth-order valence-corrected chi connectivity index (χ4v) is 1.74. The lowest BCUT2D eigenvalue weighted by Gasteiger charge is -2.08. The summed E-state index contributed by atoms with van der Waals surface area (Å²) in [6.07, 6.45) is 0. The van der Waals surface area contributed by atoms with Crippen molar-refractivity contribution in [3.63, 3.8) is 0 Å². The summed E-state index contributed by atoms with van der Waals surface area (Å²) in [6.45, 7) is 0. The van der Waals surface area contributed by atoms with E-state index in [2.05, 4.69) is 5.32 Å². The van der Waals surface area contributed by atoms with E-state index in [0.717, 1.165) is 12.1 Å². The second-order valence-corrected chi connectivity index (χ2v) is 4.08. The summed E-state index contributed by atoms with van der Waals surface area (Å²) in [5, 5.41) is 11.3. The van der Waals surface area contributed by atoms with Gasteiger partial charge in [-0.2, -0.15) is 5.26 Å². The van der Waals surface area contributed by atoms with Gasteiger partial charge in [0, 0.05) is 5.56 Å². The molecular weight excluding hydrogens is 278 g/mol. The molecule has 0 spiro atoms. The van der Waals surface area contributed by atoms with Gasteiger partial charge in [-0.15, -0.1) is 0 Å². The average Bonchev–Trinajstić information content (AvgIpc) is 2.47. The van der Waals surface area contributed by atoms with Gasteiger partial charge >= 0.3 is 0 Å². The topological polar surface area (TPSA) is 62.1 Å². The molecule has 0 aliphatic rings. The number of benzene rings is 2. The Labute approximate surface area is 119 Å². The Kier molecular flexibility index (Phi) is 4.14. The van der Waals surface area contributed by atoms with E-state index in [4.69, 9.17) is 10.00 Å². The van der Waals surface area contributed by atoms with E-state index in [9.17, 15) is 13.6 Å². The number of ether oxygens (including phenoxy) is 1. The number of rotatable bonds is 3. The fourth-order valence-electron chi connectivity index (χ4n) is 1.74. The molecule has 0 aromatic heterocycles. The van der Waals surface area contributed by atoms with Gasteiger partial charge in [-0.3, -0.25) is 4.79 Å². The Morgan fingerprint density at radius 3 is 2.62 bits per heavy atom. The maximum atomic E-state index is 13.5. The van der Waals surface area contributed by atoms with Crippen LogP contribution in [0, 0.1) is 23.0 Å².